The van der Waals surface area contributed by atoms with Gasteiger partial charge in [0.15, 0.2) is 0 Å². The van der Waals surface area contributed by atoms with Crippen LogP contribution in [-0.2, 0) is 4.74 Å². The molecule has 2 N–H and O–H groups in total. The van der Waals surface area contributed by atoms with Crippen molar-refractivity contribution in [2.75, 3.05) is 31.7 Å². The monoisotopic (exact) mass is 265 g/mol. The van der Waals surface area contributed by atoms with Gasteiger partial charge in [0, 0.05) is 32.3 Å². The van der Waals surface area contributed by atoms with Gasteiger partial charge in [-0.05, 0) is 19.8 Å². The first-order valence-electron chi connectivity index (χ1n) is 6.80. The molecule has 1 aromatic rings. The lowest BCUT2D eigenvalue weighted by atomic mass is 10.1. The summed E-state index contributed by atoms with van der Waals surface area (Å²) in [6.07, 6.45) is 5.76. The van der Waals surface area contributed by atoms with E-state index in [9.17, 15) is 0 Å². The van der Waals surface area contributed by atoms with Crippen molar-refractivity contribution in [2.45, 2.75) is 31.9 Å². The van der Waals surface area contributed by atoms with Crippen LogP contribution < -0.4 is 15.4 Å². The van der Waals surface area contributed by atoms with E-state index in [4.69, 9.17) is 15.2 Å². The van der Waals surface area contributed by atoms with Gasteiger partial charge in [-0.15, -0.1) is 0 Å². The molecule has 19 heavy (non-hydrogen) atoms. The van der Waals surface area contributed by atoms with Gasteiger partial charge in [-0.3, -0.25) is 4.98 Å². The summed E-state index contributed by atoms with van der Waals surface area (Å²) in [6.45, 7) is 4.48. The summed E-state index contributed by atoms with van der Waals surface area (Å²) >= 11 is 0. The lowest BCUT2D eigenvalue weighted by Gasteiger charge is -2.31. The van der Waals surface area contributed by atoms with Gasteiger partial charge in [-0.1, -0.05) is 0 Å². The maximum absolute atomic E-state index is 5.92. The highest BCUT2D eigenvalue weighted by atomic mass is 16.5. The number of methoxy groups -OCH3 is 1. The SMILES string of the molecule is COC(C)COc1cncc(N2CCC(N)CC2)c1. The van der Waals surface area contributed by atoms with Crippen molar-refractivity contribution in [3.63, 3.8) is 0 Å². The van der Waals surface area contributed by atoms with Crippen LogP contribution in [0.3, 0.4) is 0 Å². The topological polar surface area (TPSA) is 60.6 Å². The molecule has 1 aliphatic rings. The number of ether oxygens (including phenoxy) is 2. The average Bonchev–Trinajstić information content (AvgIpc) is 2.46. The molecule has 1 saturated heterocycles. The van der Waals surface area contributed by atoms with Crippen molar-refractivity contribution >= 4 is 5.69 Å². The summed E-state index contributed by atoms with van der Waals surface area (Å²) in [7, 11) is 1.68. The number of nitrogens with two attached hydrogens (primary N) is 1. The molecule has 5 heteroatoms. The van der Waals surface area contributed by atoms with Gasteiger partial charge in [0.25, 0.3) is 0 Å². The van der Waals surface area contributed by atoms with E-state index in [1.54, 1.807) is 13.3 Å². The number of piperidine rings is 1. The van der Waals surface area contributed by atoms with Crippen LogP contribution in [0.1, 0.15) is 19.8 Å². The molecule has 0 bridgehead atoms. The van der Waals surface area contributed by atoms with Crippen LogP contribution in [0.15, 0.2) is 18.5 Å². The van der Waals surface area contributed by atoms with Crippen molar-refractivity contribution in [3.8, 4) is 5.75 Å². The van der Waals surface area contributed by atoms with E-state index in [0.717, 1.165) is 37.4 Å². The maximum atomic E-state index is 5.92. The van der Waals surface area contributed by atoms with E-state index in [0.29, 0.717) is 12.6 Å². The van der Waals surface area contributed by atoms with E-state index in [2.05, 4.69) is 9.88 Å². The second-order valence-electron chi connectivity index (χ2n) is 5.06. The lowest BCUT2D eigenvalue weighted by Crippen LogP contribution is -2.39. The van der Waals surface area contributed by atoms with Crippen molar-refractivity contribution < 1.29 is 9.47 Å². The first-order chi connectivity index (χ1) is 9.19. The summed E-state index contributed by atoms with van der Waals surface area (Å²) in [4.78, 5) is 6.55. The van der Waals surface area contributed by atoms with Gasteiger partial charge in [-0.25, -0.2) is 0 Å². The molecule has 1 atom stereocenters. The predicted octanol–water partition coefficient (Wildman–Crippen LogP) is 1.42. The van der Waals surface area contributed by atoms with Gasteiger partial charge in [-0.2, -0.15) is 0 Å². The van der Waals surface area contributed by atoms with Crippen molar-refractivity contribution in [2.24, 2.45) is 5.73 Å². The molecule has 2 rings (SSSR count). The highest BCUT2D eigenvalue weighted by Crippen LogP contribution is 2.22. The molecule has 0 spiro atoms. The van der Waals surface area contributed by atoms with Crippen LogP contribution in [0, 0.1) is 0 Å². The van der Waals surface area contributed by atoms with Crippen molar-refractivity contribution in [1.29, 1.82) is 0 Å². The molecular weight excluding hydrogens is 242 g/mol. The highest BCUT2D eigenvalue weighted by molar-refractivity contribution is 5.48. The smallest absolute Gasteiger partial charge is 0.139 e. The molecule has 5 nitrogen and oxygen atoms in total. The van der Waals surface area contributed by atoms with Crippen LogP contribution in [0.4, 0.5) is 5.69 Å². The molecule has 1 aromatic heterocycles. The second kappa shape index (κ2) is 6.73. The summed E-state index contributed by atoms with van der Waals surface area (Å²) in [6, 6.07) is 2.37. The van der Waals surface area contributed by atoms with E-state index >= 15 is 0 Å². The van der Waals surface area contributed by atoms with Crippen molar-refractivity contribution in [1.82, 2.24) is 4.98 Å². The third-order valence-corrected chi connectivity index (χ3v) is 3.49. The molecular formula is C14H23N3O2. The Morgan fingerprint density at radius 2 is 2.16 bits per heavy atom. The minimum atomic E-state index is 0.0802. The average molecular weight is 265 g/mol. The van der Waals surface area contributed by atoms with Gasteiger partial charge >= 0.3 is 0 Å². The third-order valence-electron chi connectivity index (χ3n) is 3.49. The van der Waals surface area contributed by atoms with E-state index in [1.807, 2.05) is 19.2 Å². The number of nitrogens with zero attached hydrogens (tertiary/aromatic N) is 2. The summed E-state index contributed by atoms with van der Waals surface area (Å²) < 4.78 is 10.8. The number of hydrogen-bond donors (Lipinski definition) is 1. The first-order valence-corrected chi connectivity index (χ1v) is 6.80. The Bertz CT molecular complexity index is 392. The fourth-order valence-corrected chi connectivity index (χ4v) is 2.10. The number of hydrogen-bond acceptors (Lipinski definition) is 5. The van der Waals surface area contributed by atoms with Crippen LogP contribution in [-0.4, -0.2) is 43.9 Å². The molecule has 0 saturated carbocycles. The Morgan fingerprint density at radius 1 is 1.42 bits per heavy atom. The van der Waals surface area contributed by atoms with Gasteiger partial charge in [0.1, 0.15) is 12.4 Å². The molecule has 2 heterocycles. The second-order valence-corrected chi connectivity index (χ2v) is 5.06. The predicted molar refractivity (Wildman–Crippen MR) is 75.6 cm³/mol. The number of rotatable bonds is 5. The molecule has 0 amide bonds. The van der Waals surface area contributed by atoms with Gasteiger partial charge in [0.05, 0.1) is 24.2 Å². The minimum Gasteiger partial charge on any atom is -0.489 e. The summed E-state index contributed by atoms with van der Waals surface area (Å²) in [5.74, 6) is 0.788. The van der Waals surface area contributed by atoms with Crippen LogP contribution >= 0.6 is 0 Å². The Labute approximate surface area is 114 Å². The number of anilines is 1. The zero-order valence-corrected chi connectivity index (χ0v) is 11.7. The Hall–Kier alpha value is -1.33. The highest BCUT2D eigenvalue weighted by Gasteiger charge is 2.17. The molecule has 1 unspecified atom stereocenters. The largest absolute Gasteiger partial charge is 0.489 e. The summed E-state index contributed by atoms with van der Waals surface area (Å²) in [5, 5.41) is 0. The lowest BCUT2D eigenvalue weighted by molar-refractivity contribution is 0.0715. The van der Waals surface area contributed by atoms with E-state index < -0.39 is 0 Å². The Morgan fingerprint density at radius 3 is 2.84 bits per heavy atom. The zero-order chi connectivity index (χ0) is 13.7. The number of pyridine rings is 1. The normalized spacial score (nSPS) is 18.4. The van der Waals surface area contributed by atoms with Crippen LogP contribution in [0.25, 0.3) is 0 Å². The van der Waals surface area contributed by atoms with E-state index in [-0.39, 0.29) is 6.10 Å². The fraction of sp³-hybridized carbons (Fsp3) is 0.643. The van der Waals surface area contributed by atoms with Gasteiger partial charge < -0.3 is 20.1 Å². The quantitative estimate of drug-likeness (QED) is 0.872. The molecule has 0 aromatic carbocycles. The zero-order valence-electron chi connectivity index (χ0n) is 11.7. The summed E-state index contributed by atoms with van der Waals surface area (Å²) in [5.41, 5.74) is 7.03. The molecule has 0 aliphatic carbocycles. The molecule has 1 aliphatic heterocycles. The van der Waals surface area contributed by atoms with Gasteiger partial charge in [0.2, 0.25) is 0 Å². The fourth-order valence-electron chi connectivity index (χ4n) is 2.10. The molecule has 106 valence electrons. The van der Waals surface area contributed by atoms with Crippen LogP contribution in [0.2, 0.25) is 0 Å². The van der Waals surface area contributed by atoms with Crippen LogP contribution in [0.5, 0.6) is 5.75 Å². The first kappa shape index (κ1) is 14.1. The van der Waals surface area contributed by atoms with Crippen molar-refractivity contribution in [3.05, 3.63) is 18.5 Å². The van der Waals surface area contributed by atoms with E-state index in [1.165, 1.54) is 0 Å². The minimum absolute atomic E-state index is 0.0802. The molecule has 0 radical (unpaired) electrons. The standard InChI is InChI=1S/C14H23N3O2/c1-11(18-2)10-19-14-7-13(8-16-9-14)17-5-3-12(15)4-6-17/h7-9,11-12H,3-6,10,15H2,1-2H3. The third kappa shape index (κ3) is 4.08. The Balaban J connectivity index is 1.95. The Kier molecular flexibility index (Phi) is 4.99. The number of aromatic nitrogens is 1. The maximum Gasteiger partial charge on any atom is 0.139 e. The molecule has 1 fully saturated rings.